The van der Waals surface area contributed by atoms with Crippen LogP contribution in [0.1, 0.15) is 10.5 Å². The van der Waals surface area contributed by atoms with Gasteiger partial charge < -0.3 is 4.74 Å². The predicted molar refractivity (Wildman–Crippen MR) is 61.9 cm³/mol. The van der Waals surface area contributed by atoms with Crippen molar-refractivity contribution in [2.75, 3.05) is 25.7 Å². The van der Waals surface area contributed by atoms with E-state index in [0.717, 1.165) is 18.0 Å². The zero-order valence-corrected chi connectivity index (χ0v) is 10.7. The van der Waals surface area contributed by atoms with Crippen LogP contribution in [0.4, 0.5) is 0 Å². The van der Waals surface area contributed by atoms with Crippen molar-refractivity contribution < 1.29 is 4.74 Å². The first-order valence-corrected chi connectivity index (χ1v) is 6.61. The number of thioether (sulfide) groups is 1. The summed E-state index contributed by atoms with van der Waals surface area (Å²) in [7, 11) is 1.68. The highest BCUT2D eigenvalue weighted by Crippen LogP contribution is 2.21. The normalized spacial score (nSPS) is 13.1. The van der Waals surface area contributed by atoms with Gasteiger partial charge in [0.2, 0.25) is 0 Å². The van der Waals surface area contributed by atoms with Gasteiger partial charge in [-0.3, -0.25) is 0 Å². The van der Waals surface area contributed by atoms with Crippen LogP contribution in [0.2, 0.25) is 0 Å². The van der Waals surface area contributed by atoms with Crippen molar-refractivity contribution in [2.24, 2.45) is 0 Å². The van der Waals surface area contributed by atoms with E-state index in [9.17, 15) is 0 Å². The van der Waals surface area contributed by atoms with E-state index in [0.29, 0.717) is 6.61 Å². The number of aryl methyl sites for hydroxylation is 1. The predicted octanol–water partition coefficient (Wildman–Crippen LogP) is 1.72. The summed E-state index contributed by atoms with van der Waals surface area (Å²) in [5.41, 5.74) is 1.07. The van der Waals surface area contributed by atoms with Gasteiger partial charge in [-0.25, -0.2) is 4.68 Å². The van der Waals surface area contributed by atoms with Gasteiger partial charge in [0.25, 0.3) is 0 Å². The zero-order chi connectivity index (χ0) is 10.4. The Morgan fingerprint density at radius 2 is 2.50 bits per heavy atom. The molecule has 1 aromatic heterocycles. The molecule has 0 aromatic carbocycles. The van der Waals surface area contributed by atoms with Crippen molar-refractivity contribution in [3.8, 4) is 0 Å². The largest absolute Gasteiger partial charge is 0.383 e. The Morgan fingerprint density at radius 3 is 3.14 bits per heavy atom. The number of hydrogen-bond acceptors (Lipinski definition) is 4. The molecular formula is C8H14BrN3OS. The van der Waals surface area contributed by atoms with E-state index in [4.69, 9.17) is 4.74 Å². The van der Waals surface area contributed by atoms with Gasteiger partial charge in [-0.1, -0.05) is 21.1 Å². The smallest absolute Gasteiger partial charge is 0.0814 e. The summed E-state index contributed by atoms with van der Waals surface area (Å²) < 4.78 is 6.98. The van der Waals surface area contributed by atoms with E-state index >= 15 is 0 Å². The fourth-order valence-corrected chi connectivity index (χ4v) is 2.07. The average molecular weight is 280 g/mol. The molecule has 14 heavy (non-hydrogen) atoms. The van der Waals surface area contributed by atoms with Gasteiger partial charge in [0.05, 0.1) is 29.9 Å². The lowest BCUT2D eigenvalue weighted by atomic mass is 10.3. The van der Waals surface area contributed by atoms with Gasteiger partial charge in [0.1, 0.15) is 0 Å². The molecule has 1 unspecified atom stereocenters. The Hall–Kier alpha value is -0.0700. The van der Waals surface area contributed by atoms with Crippen molar-refractivity contribution in [3.05, 3.63) is 11.9 Å². The molecular weight excluding hydrogens is 266 g/mol. The molecule has 1 aromatic rings. The molecule has 0 N–H and O–H groups in total. The molecule has 0 aliphatic carbocycles. The zero-order valence-electron chi connectivity index (χ0n) is 8.31. The van der Waals surface area contributed by atoms with E-state index in [2.05, 4.69) is 32.5 Å². The maximum atomic E-state index is 5.07. The number of halogens is 1. The Morgan fingerprint density at radius 1 is 1.71 bits per heavy atom. The molecule has 0 spiro atoms. The van der Waals surface area contributed by atoms with E-state index in [1.54, 1.807) is 25.1 Å². The number of methoxy groups -OCH3 is 1. The summed E-state index contributed by atoms with van der Waals surface area (Å²) in [6.45, 7) is 1.52. The highest BCUT2D eigenvalue weighted by Gasteiger charge is 2.13. The van der Waals surface area contributed by atoms with Crippen LogP contribution >= 0.6 is 27.7 Å². The fourth-order valence-electron chi connectivity index (χ4n) is 1.09. The molecule has 0 aliphatic heterocycles. The first-order valence-electron chi connectivity index (χ1n) is 4.30. The van der Waals surface area contributed by atoms with Gasteiger partial charge in [-0.15, -0.1) is 5.10 Å². The van der Waals surface area contributed by atoms with Gasteiger partial charge in [-0.05, 0) is 6.26 Å². The number of rotatable bonds is 6. The van der Waals surface area contributed by atoms with Crippen LogP contribution in [0.3, 0.4) is 0 Å². The maximum Gasteiger partial charge on any atom is 0.0814 e. The number of ether oxygens (including phenoxy) is 1. The van der Waals surface area contributed by atoms with Crippen LogP contribution in [-0.4, -0.2) is 40.7 Å². The number of hydrogen-bond donors (Lipinski definition) is 0. The minimum absolute atomic E-state index is 0.171. The Balaban J connectivity index is 2.61. The molecule has 0 saturated heterocycles. The number of aromatic nitrogens is 3. The molecule has 6 heteroatoms. The molecule has 0 aliphatic rings. The van der Waals surface area contributed by atoms with E-state index in [1.807, 2.05) is 4.68 Å². The summed E-state index contributed by atoms with van der Waals surface area (Å²) in [5.74, 6) is 1.04. The summed E-state index contributed by atoms with van der Waals surface area (Å²) in [6, 6.07) is 0. The van der Waals surface area contributed by atoms with E-state index < -0.39 is 0 Å². The minimum atomic E-state index is 0.171. The highest BCUT2D eigenvalue weighted by atomic mass is 79.9. The van der Waals surface area contributed by atoms with Gasteiger partial charge in [0.15, 0.2) is 0 Å². The van der Waals surface area contributed by atoms with Crippen molar-refractivity contribution in [2.45, 2.75) is 11.4 Å². The lowest BCUT2D eigenvalue weighted by Crippen LogP contribution is -2.10. The summed E-state index contributed by atoms with van der Waals surface area (Å²) >= 11 is 5.33. The van der Waals surface area contributed by atoms with Crippen LogP contribution in [0.25, 0.3) is 0 Å². The molecule has 0 radical (unpaired) electrons. The molecule has 0 bridgehead atoms. The second kappa shape index (κ2) is 6.42. The monoisotopic (exact) mass is 279 g/mol. The van der Waals surface area contributed by atoms with Crippen LogP contribution in [0.5, 0.6) is 0 Å². The molecule has 0 saturated carbocycles. The van der Waals surface area contributed by atoms with Gasteiger partial charge in [0, 0.05) is 12.9 Å². The van der Waals surface area contributed by atoms with E-state index in [1.165, 1.54) is 0 Å². The maximum absolute atomic E-state index is 5.07. The van der Waals surface area contributed by atoms with Crippen molar-refractivity contribution in [1.29, 1.82) is 0 Å². The molecule has 0 amide bonds. The van der Waals surface area contributed by atoms with Crippen LogP contribution in [0.15, 0.2) is 6.20 Å². The molecule has 0 fully saturated rings. The van der Waals surface area contributed by atoms with Crippen molar-refractivity contribution in [3.63, 3.8) is 0 Å². The third-order valence-corrected chi connectivity index (χ3v) is 3.11. The minimum Gasteiger partial charge on any atom is -0.383 e. The van der Waals surface area contributed by atoms with Crippen LogP contribution in [0, 0.1) is 0 Å². The Bertz CT molecular complexity index is 269. The quantitative estimate of drug-likeness (QED) is 0.744. The standard InChI is InChI=1S/C8H14BrN3OS/c1-13-6-7(9)8-5-10-11-12(8)3-4-14-2/h5,7H,3-4,6H2,1-2H3. The second-order valence-corrected chi connectivity index (χ2v) is 4.89. The van der Waals surface area contributed by atoms with Crippen LogP contribution < -0.4 is 0 Å². The van der Waals surface area contributed by atoms with Crippen molar-refractivity contribution in [1.82, 2.24) is 15.0 Å². The summed E-state index contributed by atoms with van der Waals surface area (Å²) in [6.07, 6.45) is 3.86. The SMILES string of the molecule is COCC(Br)c1cnnn1CCSC. The van der Waals surface area contributed by atoms with Gasteiger partial charge >= 0.3 is 0 Å². The summed E-state index contributed by atoms with van der Waals surface area (Å²) in [5, 5.41) is 7.92. The Labute approximate surface area is 96.5 Å². The summed E-state index contributed by atoms with van der Waals surface area (Å²) in [4.78, 5) is 0.171. The molecule has 1 rings (SSSR count). The molecule has 80 valence electrons. The molecule has 1 atom stereocenters. The topological polar surface area (TPSA) is 39.9 Å². The third kappa shape index (κ3) is 3.25. The fraction of sp³-hybridized carbons (Fsp3) is 0.750. The lowest BCUT2D eigenvalue weighted by molar-refractivity contribution is 0.199. The van der Waals surface area contributed by atoms with Crippen LogP contribution in [-0.2, 0) is 11.3 Å². The third-order valence-electron chi connectivity index (χ3n) is 1.79. The van der Waals surface area contributed by atoms with E-state index in [-0.39, 0.29) is 4.83 Å². The number of nitrogens with zero attached hydrogens (tertiary/aromatic N) is 3. The molecule has 1 heterocycles. The Kier molecular flexibility index (Phi) is 5.50. The first-order chi connectivity index (χ1) is 6.79. The first kappa shape index (κ1) is 12.0. The van der Waals surface area contributed by atoms with Gasteiger partial charge in [-0.2, -0.15) is 11.8 Å². The molecule has 4 nitrogen and oxygen atoms in total. The number of alkyl halides is 1. The second-order valence-electron chi connectivity index (χ2n) is 2.80. The average Bonchev–Trinajstić information content (AvgIpc) is 2.63. The van der Waals surface area contributed by atoms with Crippen molar-refractivity contribution >= 4 is 27.7 Å². The highest BCUT2D eigenvalue weighted by molar-refractivity contribution is 9.09. The lowest BCUT2D eigenvalue weighted by Gasteiger charge is -2.10.